The van der Waals surface area contributed by atoms with Crippen LogP contribution in [0.3, 0.4) is 0 Å². The minimum atomic E-state index is -0.371. The Labute approximate surface area is 122 Å². The van der Waals surface area contributed by atoms with Crippen molar-refractivity contribution in [2.24, 2.45) is 5.73 Å². The molecule has 1 aliphatic rings. The second-order valence-corrected chi connectivity index (χ2v) is 5.77. The molecule has 1 aliphatic carbocycles. The Hall–Kier alpha value is -1.95. The molecule has 0 atom stereocenters. The summed E-state index contributed by atoms with van der Waals surface area (Å²) in [6.45, 7) is 4.08. The molecule has 0 unspecified atom stereocenters. The first-order chi connectivity index (χ1) is 10.0. The van der Waals surface area contributed by atoms with Gasteiger partial charge < -0.3 is 5.73 Å². The second kappa shape index (κ2) is 5.11. The minimum Gasteiger partial charge on any atom is -0.326 e. The molecule has 0 radical (unpaired) electrons. The topological polar surface area (TPSA) is 93.8 Å². The van der Waals surface area contributed by atoms with Crippen molar-refractivity contribution < 1.29 is 0 Å². The highest BCUT2D eigenvalue weighted by Gasteiger charge is 2.23. The monoisotopic (exact) mass is 288 g/mol. The third-order valence-corrected chi connectivity index (χ3v) is 4.55. The van der Waals surface area contributed by atoms with Gasteiger partial charge in [0.15, 0.2) is 0 Å². The number of nitrogens with two attached hydrogens (primary N) is 1. The SMILES string of the molecule is Cc1nc2c(c(C)c1CN)c(=O)[nH]c(=O)n2C1CCCC1. The van der Waals surface area contributed by atoms with Crippen molar-refractivity contribution in [2.75, 3.05) is 0 Å². The van der Waals surface area contributed by atoms with Crippen LogP contribution in [0.25, 0.3) is 11.0 Å². The van der Waals surface area contributed by atoms with E-state index in [0.717, 1.165) is 42.5 Å². The maximum absolute atomic E-state index is 12.3. The van der Waals surface area contributed by atoms with Crippen LogP contribution in [-0.2, 0) is 6.54 Å². The van der Waals surface area contributed by atoms with Gasteiger partial charge in [0.1, 0.15) is 5.65 Å². The Bertz CT molecular complexity index is 813. The Kier molecular flexibility index (Phi) is 3.41. The number of nitrogens with zero attached hydrogens (tertiary/aromatic N) is 2. The van der Waals surface area contributed by atoms with Crippen molar-refractivity contribution in [3.63, 3.8) is 0 Å². The summed E-state index contributed by atoms with van der Waals surface area (Å²) in [4.78, 5) is 31.5. The maximum atomic E-state index is 12.3. The van der Waals surface area contributed by atoms with Gasteiger partial charge in [-0.25, -0.2) is 9.78 Å². The van der Waals surface area contributed by atoms with E-state index in [2.05, 4.69) is 9.97 Å². The third kappa shape index (κ3) is 2.10. The van der Waals surface area contributed by atoms with Crippen molar-refractivity contribution in [1.29, 1.82) is 0 Å². The fourth-order valence-corrected chi connectivity index (χ4v) is 3.44. The molecular weight excluding hydrogens is 268 g/mol. The Morgan fingerprint density at radius 1 is 1.29 bits per heavy atom. The lowest BCUT2D eigenvalue weighted by Crippen LogP contribution is -2.33. The Balaban J connectivity index is 2.44. The number of aryl methyl sites for hydroxylation is 2. The van der Waals surface area contributed by atoms with Gasteiger partial charge in [0, 0.05) is 18.3 Å². The van der Waals surface area contributed by atoms with Crippen LogP contribution < -0.4 is 17.0 Å². The smallest absolute Gasteiger partial charge is 0.326 e. The normalized spacial score (nSPS) is 16.0. The fraction of sp³-hybridized carbons (Fsp3) is 0.533. The summed E-state index contributed by atoms with van der Waals surface area (Å²) < 4.78 is 1.67. The molecule has 3 rings (SSSR count). The van der Waals surface area contributed by atoms with E-state index in [1.54, 1.807) is 4.57 Å². The van der Waals surface area contributed by atoms with Gasteiger partial charge in [-0.1, -0.05) is 12.8 Å². The van der Waals surface area contributed by atoms with Gasteiger partial charge in [-0.15, -0.1) is 0 Å². The molecule has 2 aromatic rings. The molecule has 112 valence electrons. The molecule has 2 heterocycles. The minimum absolute atomic E-state index is 0.131. The van der Waals surface area contributed by atoms with Crippen LogP contribution in [0.2, 0.25) is 0 Å². The number of hydrogen-bond acceptors (Lipinski definition) is 4. The summed E-state index contributed by atoms with van der Waals surface area (Å²) in [6, 6.07) is 0.131. The molecule has 0 aromatic carbocycles. The molecule has 2 aromatic heterocycles. The van der Waals surface area contributed by atoms with Crippen LogP contribution >= 0.6 is 0 Å². The van der Waals surface area contributed by atoms with E-state index >= 15 is 0 Å². The molecule has 0 saturated heterocycles. The Morgan fingerprint density at radius 2 is 1.95 bits per heavy atom. The van der Waals surface area contributed by atoms with E-state index in [9.17, 15) is 9.59 Å². The van der Waals surface area contributed by atoms with Gasteiger partial charge in [-0.2, -0.15) is 0 Å². The number of nitrogens with one attached hydrogen (secondary N) is 1. The number of pyridine rings is 1. The molecule has 0 aliphatic heterocycles. The van der Waals surface area contributed by atoms with E-state index < -0.39 is 0 Å². The Morgan fingerprint density at radius 3 is 2.57 bits per heavy atom. The van der Waals surface area contributed by atoms with Gasteiger partial charge >= 0.3 is 5.69 Å². The molecule has 1 saturated carbocycles. The van der Waals surface area contributed by atoms with Gasteiger partial charge in [0.05, 0.1) is 5.39 Å². The van der Waals surface area contributed by atoms with Crippen molar-refractivity contribution in [2.45, 2.75) is 52.1 Å². The summed E-state index contributed by atoms with van der Waals surface area (Å²) >= 11 is 0. The van der Waals surface area contributed by atoms with Crippen LogP contribution in [0.15, 0.2) is 9.59 Å². The zero-order valence-corrected chi connectivity index (χ0v) is 12.4. The van der Waals surface area contributed by atoms with Crippen molar-refractivity contribution in [3.8, 4) is 0 Å². The predicted molar refractivity (Wildman–Crippen MR) is 81.5 cm³/mol. The zero-order chi connectivity index (χ0) is 15.1. The number of hydrogen-bond donors (Lipinski definition) is 2. The number of H-pyrrole nitrogens is 1. The predicted octanol–water partition coefficient (Wildman–Crippen LogP) is 1.28. The average Bonchev–Trinajstić information content (AvgIpc) is 2.92. The van der Waals surface area contributed by atoms with E-state index in [1.165, 1.54) is 0 Å². The lowest BCUT2D eigenvalue weighted by Gasteiger charge is -2.18. The summed E-state index contributed by atoms with van der Waals surface area (Å²) in [7, 11) is 0. The van der Waals surface area contributed by atoms with Crippen LogP contribution in [0.5, 0.6) is 0 Å². The molecular formula is C15H20N4O2. The number of rotatable bonds is 2. The molecule has 21 heavy (non-hydrogen) atoms. The first-order valence-electron chi connectivity index (χ1n) is 7.39. The number of aromatic amines is 1. The summed E-state index contributed by atoms with van der Waals surface area (Å²) in [5, 5.41) is 0.493. The van der Waals surface area contributed by atoms with Crippen LogP contribution in [-0.4, -0.2) is 14.5 Å². The van der Waals surface area contributed by atoms with E-state index in [1.807, 2.05) is 13.8 Å². The van der Waals surface area contributed by atoms with Crippen LogP contribution in [0.4, 0.5) is 0 Å². The lowest BCUT2D eigenvalue weighted by molar-refractivity contribution is 0.505. The van der Waals surface area contributed by atoms with Gasteiger partial charge in [-0.05, 0) is 37.8 Å². The molecule has 0 amide bonds. The average molecular weight is 288 g/mol. The first kappa shape index (κ1) is 14.0. The van der Waals surface area contributed by atoms with Gasteiger partial charge in [0.2, 0.25) is 0 Å². The standard InChI is InChI=1S/C15H20N4O2/c1-8-11(7-16)9(2)17-13-12(8)14(20)18-15(21)19(13)10-5-3-4-6-10/h10H,3-7,16H2,1-2H3,(H,18,20,21). The second-order valence-electron chi connectivity index (χ2n) is 5.77. The summed E-state index contributed by atoms with van der Waals surface area (Å²) in [6.07, 6.45) is 4.13. The zero-order valence-electron chi connectivity index (χ0n) is 12.4. The quantitative estimate of drug-likeness (QED) is 0.870. The molecule has 6 heteroatoms. The van der Waals surface area contributed by atoms with E-state index in [0.29, 0.717) is 17.6 Å². The summed E-state index contributed by atoms with van der Waals surface area (Å²) in [5.74, 6) is 0. The highest BCUT2D eigenvalue weighted by atomic mass is 16.2. The molecule has 0 spiro atoms. The molecule has 0 bridgehead atoms. The highest BCUT2D eigenvalue weighted by Crippen LogP contribution is 2.30. The van der Waals surface area contributed by atoms with Crippen molar-refractivity contribution >= 4 is 11.0 Å². The first-order valence-corrected chi connectivity index (χ1v) is 7.39. The lowest BCUT2D eigenvalue weighted by atomic mass is 10.0. The molecule has 6 nitrogen and oxygen atoms in total. The third-order valence-electron chi connectivity index (χ3n) is 4.55. The molecule has 3 N–H and O–H groups in total. The van der Waals surface area contributed by atoms with E-state index in [-0.39, 0.29) is 17.3 Å². The number of fused-ring (bicyclic) bond motifs is 1. The van der Waals surface area contributed by atoms with Crippen molar-refractivity contribution in [1.82, 2.24) is 14.5 Å². The van der Waals surface area contributed by atoms with Crippen LogP contribution in [0.1, 0.15) is 48.5 Å². The highest BCUT2D eigenvalue weighted by molar-refractivity contribution is 5.79. The maximum Gasteiger partial charge on any atom is 0.330 e. The summed E-state index contributed by atoms with van der Waals surface area (Å²) in [5.41, 5.74) is 8.03. The number of aromatic nitrogens is 3. The van der Waals surface area contributed by atoms with Crippen molar-refractivity contribution in [3.05, 3.63) is 37.7 Å². The van der Waals surface area contributed by atoms with E-state index in [4.69, 9.17) is 5.73 Å². The largest absolute Gasteiger partial charge is 0.330 e. The van der Waals surface area contributed by atoms with Gasteiger partial charge in [-0.3, -0.25) is 14.3 Å². The van der Waals surface area contributed by atoms with Crippen LogP contribution in [0, 0.1) is 13.8 Å². The fourth-order valence-electron chi connectivity index (χ4n) is 3.44. The van der Waals surface area contributed by atoms with Gasteiger partial charge in [0.25, 0.3) is 5.56 Å². The molecule has 1 fully saturated rings.